The summed E-state index contributed by atoms with van der Waals surface area (Å²) < 4.78 is 20.8. The fraction of sp³-hybridized carbons (Fsp3) is 0.394. The predicted octanol–water partition coefficient (Wildman–Crippen LogP) is 5.34. The van der Waals surface area contributed by atoms with Crippen molar-refractivity contribution in [1.82, 2.24) is 14.8 Å². The van der Waals surface area contributed by atoms with Crippen LogP contribution in [0.5, 0.6) is 5.75 Å². The summed E-state index contributed by atoms with van der Waals surface area (Å²) in [6.07, 6.45) is 3.66. The van der Waals surface area contributed by atoms with E-state index in [0.29, 0.717) is 43.7 Å². The van der Waals surface area contributed by atoms with Crippen LogP contribution in [0, 0.1) is 5.82 Å². The van der Waals surface area contributed by atoms with E-state index in [-0.39, 0.29) is 31.4 Å². The number of aliphatic carboxylic acids is 1. The number of urea groups is 1. The largest absolute Gasteiger partial charge is 0.490 e. The number of anilines is 2. The van der Waals surface area contributed by atoms with E-state index >= 15 is 4.39 Å². The summed E-state index contributed by atoms with van der Waals surface area (Å²) in [5.41, 5.74) is 12.3. The van der Waals surface area contributed by atoms with Gasteiger partial charge in [-0.25, -0.2) is 14.2 Å². The van der Waals surface area contributed by atoms with Crippen molar-refractivity contribution in [3.8, 4) is 5.75 Å². The second kappa shape index (κ2) is 15.8. The monoisotopic (exact) mass is 644 g/mol. The molecule has 1 aromatic heterocycles. The Morgan fingerprint density at radius 1 is 1.15 bits per heavy atom. The summed E-state index contributed by atoms with van der Waals surface area (Å²) in [6.45, 7) is 2.11. The number of nitrogens with one attached hydrogen (secondary N) is 2. The average molecular weight is 645 g/mol. The Labute approximate surface area is 271 Å². The quantitative estimate of drug-likeness (QED) is 0.114. The zero-order valence-electron chi connectivity index (χ0n) is 25.9. The number of amides is 3. The van der Waals surface area contributed by atoms with E-state index in [9.17, 15) is 19.5 Å². The second-order valence-corrected chi connectivity index (χ2v) is 11.4. The van der Waals surface area contributed by atoms with Gasteiger partial charge in [-0.1, -0.05) is 29.4 Å². The number of hydrogen-bond acceptors (Lipinski definition) is 7. The van der Waals surface area contributed by atoms with Gasteiger partial charge in [0.15, 0.2) is 11.6 Å². The number of halogens is 1. The smallest absolute Gasteiger partial charge is 0.320 e. The summed E-state index contributed by atoms with van der Waals surface area (Å²) >= 11 is 0. The SMILES string of the molecule is [N-]=[N+]=NCC(=O)Nc1ccc(CCOc2ccc([C@H](CC(=O)O)N3CCN(CCCc4ccc5c(n4)NCCC5)C3=O)cc2F)cc1. The third-order valence-electron chi connectivity index (χ3n) is 8.19. The first-order valence-electron chi connectivity index (χ1n) is 15.6. The molecule has 3 aromatic rings. The summed E-state index contributed by atoms with van der Waals surface area (Å²) in [7, 11) is 0. The molecule has 3 heterocycles. The van der Waals surface area contributed by atoms with Crippen molar-refractivity contribution in [2.24, 2.45) is 5.11 Å². The van der Waals surface area contributed by atoms with E-state index in [1.54, 1.807) is 35.2 Å². The minimum Gasteiger partial charge on any atom is -0.490 e. The van der Waals surface area contributed by atoms with Crippen LogP contribution in [0.3, 0.4) is 0 Å². The summed E-state index contributed by atoms with van der Waals surface area (Å²) in [5, 5.41) is 18.8. The summed E-state index contributed by atoms with van der Waals surface area (Å²) in [5.74, 6) is -1.20. The number of aryl methyl sites for hydroxylation is 2. The number of aromatic nitrogens is 1. The topological polar surface area (TPSA) is 173 Å². The van der Waals surface area contributed by atoms with Crippen molar-refractivity contribution < 1.29 is 28.6 Å². The highest BCUT2D eigenvalue weighted by atomic mass is 19.1. The number of carbonyl (C=O) groups excluding carboxylic acids is 2. The summed E-state index contributed by atoms with van der Waals surface area (Å²) in [4.78, 5) is 47.3. The molecule has 1 atom stereocenters. The Morgan fingerprint density at radius 3 is 2.74 bits per heavy atom. The molecule has 13 nitrogen and oxygen atoms in total. The van der Waals surface area contributed by atoms with Crippen LogP contribution in [0.15, 0.2) is 59.7 Å². The van der Waals surface area contributed by atoms with Crippen LogP contribution in [0.25, 0.3) is 10.4 Å². The number of nitrogens with zero attached hydrogens (tertiary/aromatic N) is 6. The molecule has 47 heavy (non-hydrogen) atoms. The van der Waals surface area contributed by atoms with Crippen LogP contribution in [0.2, 0.25) is 0 Å². The van der Waals surface area contributed by atoms with E-state index in [0.717, 1.165) is 42.9 Å². The van der Waals surface area contributed by atoms with Gasteiger partial charge in [-0.3, -0.25) is 9.59 Å². The number of carbonyl (C=O) groups is 3. The number of hydrogen-bond donors (Lipinski definition) is 3. The average Bonchev–Trinajstić information content (AvgIpc) is 3.43. The molecule has 2 aliphatic rings. The Kier molecular flexibility index (Phi) is 11.1. The molecular weight excluding hydrogens is 607 g/mol. The molecule has 0 spiro atoms. The van der Waals surface area contributed by atoms with Gasteiger partial charge in [0, 0.05) is 48.9 Å². The van der Waals surface area contributed by atoms with Crippen LogP contribution in [0.1, 0.15) is 47.7 Å². The maximum Gasteiger partial charge on any atom is 0.320 e. The van der Waals surface area contributed by atoms with E-state index in [4.69, 9.17) is 15.3 Å². The molecule has 5 rings (SSSR count). The zero-order chi connectivity index (χ0) is 33.2. The van der Waals surface area contributed by atoms with Gasteiger partial charge in [-0.15, -0.1) is 0 Å². The first-order chi connectivity index (χ1) is 22.8. The lowest BCUT2D eigenvalue weighted by molar-refractivity contribution is -0.138. The van der Waals surface area contributed by atoms with Gasteiger partial charge < -0.3 is 30.3 Å². The number of pyridine rings is 1. The molecule has 0 radical (unpaired) electrons. The highest BCUT2D eigenvalue weighted by Crippen LogP contribution is 2.31. The second-order valence-electron chi connectivity index (χ2n) is 11.4. The lowest BCUT2D eigenvalue weighted by Gasteiger charge is -2.27. The first-order valence-corrected chi connectivity index (χ1v) is 15.6. The molecule has 14 heteroatoms. The molecule has 0 saturated carbocycles. The maximum atomic E-state index is 15.2. The van der Waals surface area contributed by atoms with E-state index in [1.165, 1.54) is 22.6 Å². The molecule has 3 N–H and O–H groups in total. The number of benzene rings is 2. The molecule has 0 unspecified atom stereocenters. The molecule has 2 aliphatic heterocycles. The molecule has 3 amide bonds. The molecule has 1 fully saturated rings. The van der Waals surface area contributed by atoms with Crippen LogP contribution in [-0.2, 0) is 28.9 Å². The fourth-order valence-corrected chi connectivity index (χ4v) is 5.80. The standard InChI is InChI=1S/C33H37FN8O5/c34-27-19-24(8-12-29(27)47-18-13-22-5-9-26(10-6-22)38-30(43)21-37-40-35)28(20-31(44)45)42-17-16-41(33(42)46)15-2-4-25-11-7-23-3-1-14-36-32(23)39-25/h5-12,19,28H,1-4,13-18,20-21H2,(H,36,39)(H,38,43)(H,44,45)/t28-/m0/s1. The minimum atomic E-state index is -1.09. The molecule has 1 saturated heterocycles. The van der Waals surface area contributed by atoms with Crippen molar-refractivity contribution in [1.29, 1.82) is 0 Å². The van der Waals surface area contributed by atoms with Gasteiger partial charge in [0.05, 0.1) is 19.1 Å². The van der Waals surface area contributed by atoms with Crippen molar-refractivity contribution in [2.75, 3.05) is 50.0 Å². The van der Waals surface area contributed by atoms with Gasteiger partial charge in [-0.05, 0) is 78.2 Å². The predicted molar refractivity (Wildman–Crippen MR) is 173 cm³/mol. The van der Waals surface area contributed by atoms with E-state index in [2.05, 4.69) is 26.7 Å². The van der Waals surface area contributed by atoms with Crippen molar-refractivity contribution >= 4 is 29.4 Å². The highest BCUT2D eigenvalue weighted by Gasteiger charge is 2.35. The highest BCUT2D eigenvalue weighted by molar-refractivity contribution is 5.92. The van der Waals surface area contributed by atoms with Gasteiger partial charge >= 0.3 is 12.0 Å². The van der Waals surface area contributed by atoms with Crippen LogP contribution < -0.4 is 15.4 Å². The minimum absolute atomic E-state index is 0.0186. The van der Waals surface area contributed by atoms with Crippen molar-refractivity contribution in [3.63, 3.8) is 0 Å². The van der Waals surface area contributed by atoms with Gasteiger partial charge in [0.2, 0.25) is 5.91 Å². The molecule has 0 bridgehead atoms. The lowest BCUT2D eigenvalue weighted by atomic mass is 10.0. The first kappa shape index (κ1) is 33.0. The van der Waals surface area contributed by atoms with E-state index in [1.807, 2.05) is 6.07 Å². The Balaban J connectivity index is 1.13. The number of fused-ring (bicyclic) bond motifs is 1. The fourth-order valence-electron chi connectivity index (χ4n) is 5.80. The van der Waals surface area contributed by atoms with Crippen LogP contribution in [-0.4, -0.2) is 77.1 Å². The van der Waals surface area contributed by atoms with Gasteiger partial charge in [0.25, 0.3) is 0 Å². The number of rotatable bonds is 15. The molecule has 0 aliphatic carbocycles. The van der Waals surface area contributed by atoms with E-state index < -0.39 is 23.7 Å². The maximum absolute atomic E-state index is 15.2. The third kappa shape index (κ3) is 8.88. The van der Waals surface area contributed by atoms with Gasteiger partial charge in [-0.2, -0.15) is 0 Å². The molecular formula is C33H37FN8O5. The van der Waals surface area contributed by atoms with Crippen molar-refractivity contribution in [2.45, 2.75) is 44.6 Å². The van der Waals surface area contributed by atoms with Crippen molar-refractivity contribution in [3.05, 3.63) is 93.2 Å². The number of carboxylic acids is 1. The Bertz CT molecular complexity index is 1650. The summed E-state index contributed by atoms with van der Waals surface area (Å²) in [6, 6.07) is 14.3. The van der Waals surface area contributed by atoms with Gasteiger partial charge in [0.1, 0.15) is 12.4 Å². The number of azide groups is 1. The van der Waals surface area contributed by atoms with Crippen LogP contribution in [0.4, 0.5) is 20.7 Å². The normalized spacial score (nSPS) is 14.5. The van der Waals surface area contributed by atoms with Crippen LogP contribution >= 0.6 is 0 Å². The zero-order valence-corrected chi connectivity index (χ0v) is 25.9. The Hall–Kier alpha value is -5.36. The molecule has 246 valence electrons. The number of ether oxygens (including phenoxy) is 1. The Morgan fingerprint density at radius 2 is 1.98 bits per heavy atom. The lowest BCUT2D eigenvalue weighted by Crippen LogP contribution is -2.36. The molecule has 2 aromatic carbocycles. The number of carboxylic acid groups (broad SMARTS) is 1. The third-order valence-corrected chi connectivity index (χ3v) is 8.19.